The van der Waals surface area contributed by atoms with Gasteiger partial charge in [-0.25, -0.2) is 13.2 Å². The zero-order valence-corrected chi connectivity index (χ0v) is 21.1. The predicted molar refractivity (Wildman–Crippen MR) is 127 cm³/mol. The fourth-order valence-corrected chi connectivity index (χ4v) is 4.22. The lowest BCUT2D eigenvalue weighted by Crippen LogP contribution is -2.51. The number of anilines is 1. The first-order valence-electron chi connectivity index (χ1n) is 11.0. The van der Waals surface area contributed by atoms with Crippen LogP contribution in [0.4, 0.5) is 10.5 Å². The van der Waals surface area contributed by atoms with Gasteiger partial charge >= 0.3 is 6.03 Å². The maximum absolute atomic E-state index is 13.2. The molecule has 0 saturated carbocycles. The van der Waals surface area contributed by atoms with E-state index in [0.29, 0.717) is 25.2 Å². The lowest BCUT2D eigenvalue weighted by Gasteiger charge is -2.36. The van der Waals surface area contributed by atoms with Crippen molar-refractivity contribution >= 4 is 27.6 Å². The molecule has 2 N–H and O–H groups in total. The van der Waals surface area contributed by atoms with Crippen molar-refractivity contribution in [3.8, 4) is 5.75 Å². The van der Waals surface area contributed by atoms with Gasteiger partial charge in [0.1, 0.15) is 12.4 Å². The number of hydrogen-bond donors (Lipinski definition) is 2. The molecule has 0 saturated heterocycles. The Morgan fingerprint density at radius 2 is 1.97 bits per heavy atom. The number of hydrogen-bond acceptors (Lipinski definition) is 6. The number of fused-ring (bicyclic) bond motifs is 1. The van der Waals surface area contributed by atoms with Crippen LogP contribution in [0, 0.1) is 5.92 Å². The Balaban J connectivity index is 2.45. The number of carbonyl (C=O) groups excluding carboxylic acids is 2. The molecule has 1 aliphatic rings. The van der Waals surface area contributed by atoms with E-state index in [-0.39, 0.29) is 48.0 Å². The Morgan fingerprint density at radius 3 is 2.58 bits per heavy atom. The molecule has 1 aromatic carbocycles. The molecule has 0 radical (unpaired) electrons. The molecule has 0 spiro atoms. The minimum atomic E-state index is -3.50. The molecule has 0 aromatic heterocycles. The van der Waals surface area contributed by atoms with Crippen LogP contribution in [0.1, 0.15) is 37.6 Å². The normalized spacial score (nSPS) is 22.5. The molecule has 3 amide bonds. The largest absolute Gasteiger partial charge is 0.491 e. The Hall–Kier alpha value is -2.53. The molecule has 0 bridgehead atoms. The standard InChI is InChI=1S/C22H36N4O6S/c1-7-10-23-22(28)26-12-15(2)20(31-5)13-25(4)21(27)18-9-8-17(24-33(6,29)30)11-19(18)32-14-16(26)3/h8-9,11,15-16,20,24H,7,10,12-14H2,1-6H3,(H,23,28)/t15-,16+,20-/m0/s1. The molecule has 1 heterocycles. The number of ether oxygens (including phenoxy) is 2. The van der Waals surface area contributed by atoms with Gasteiger partial charge in [0.25, 0.3) is 5.91 Å². The Labute approximate surface area is 196 Å². The molecule has 186 valence electrons. The van der Waals surface area contributed by atoms with E-state index < -0.39 is 10.0 Å². The second kappa shape index (κ2) is 11.6. The number of likely N-dealkylation sites (N-methyl/N-ethyl adjacent to an activating group) is 1. The predicted octanol–water partition coefficient (Wildman–Crippen LogP) is 1.98. The molecule has 2 rings (SSSR count). The van der Waals surface area contributed by atoms with Gasteiger partial charge in [-0.3, -0.25) is 9.52 Å². The van der Waals surface area contributed by atoms with E-state index in [4.69, 9.17) is 9.47 Å². The summed E-state index contributed by atoms with van der Waals surface area (Å²) >= 11 is 0. The minimum absolute atomic E-state index is 0.0414. The molecule has 1 aromatic rings. The Bertz CT molecular complexity index is 939. The van der Waals surface area contributed by atoms with Crippen LogP contribution in [0.2, 0.25) is 0 Å². The van der Waals surface area contributed by atoms with Crippen LogP contribution in [0.5, 0.6) is 5.75 Å². The molecular formula is C22H36N4O6S. The summed E-state index contributed by atoms with van der Waals surface area (Å²) in [6.45, 7) is 7.27. The zero-order chi connectivity index (χ0) is 24.8. The molecule has 3 atom stereocenters. The fraction of sp³-hybridized carbons (Fsp3) is 0.636. The molecular weight excluding hydrogens is 448 g/mol. The second-order valence-electron chi connectivity index (χ2n) is 8.57. The Kier molecular flexibility index (Phi) is 9.35. The van der Waals surface area contributed by atoms with Gasteiger partial charge in [-0.05, 0) is 25.5 Å². The van der Waals surface area contributed by atoms with E-state index in [0.717, 1.165) is 12.7 Å². The number of rotatable bonds is 5. The topological polar surface area (TPSA) is 117 Å². The maximum Gasteiger partial charge on any atom is 0.317 e. The summed E-state index contributed by atoms with van der Waals surface area (Å²) < 4.78 is 37.4. The summed E-state index contributed by atoms with van der Waals surface area (Å²) in [6.07, 6.45) is 1.58. The first-order valence-corrected chi connectivity index (χ1v) is 12.9. The average Bonchev–Trinajstić information content (AvgIpc) is 2.75. The van der Waals surface area contributed by atoms with E-state index in [9.17, 15) is 18.0 Å². The van der Waals surface area contributed by atoms with Gasteiger partial charge in [-0.1, -0.05) is 13.8 Å². The maximum atomic E-state index is 13.2. The van der Waals surface area contributed by atoms with Crippen molar-refractivity contribution < 1.29 is 27.5 Å². The van der Waals surface area contributed by atoms with Gasteiger partial charge in [0, 0.05) is 45.8 Å². The number of methoxy groups -OCH3 is 1. The van der Waals surface area contributed by atoms with E-state index in [1.165, 1.54) is 18.2 Å². The van der Waals surface area contributed by atoms with Crippen molar-refractivity contribution in [2.45, 2.75) is 39.3 Å². The summed E-state index contributed by atoms with van der Waals surface area (Å²) in [4.78, 5) is 29.3. The van der Waals surface area contributed by atoms with E-state index in [1.807, 2.05) is 20.8 Å². The van der Waals surface area contributed by atoms with Crippen molar-refractivity contribution in [3.05, 3.63) is 23.8 Å². The lowest BCUT2D eigenvalue weighted by atomic mass is 10.0. The van der Waals surface area contributed by atoms with Gasteiger partial charge in [0.05, 0.1) is 29.7 Å². The van der Waals surface area contributed by atoms with Crippen molar-refractivity contribution in [2.24, 2.45) is 5.92 Å². The summed E-state index contributed by atoms with van der Waals surface area (Å²) in [7, 11) is -0.235. The fourth-order valence-electron chi connectivity index (χ4n) is 3.67. The molecule has 33 heavy (non-hydrogen) atoms. The zero-order valence-electron chi connectivity index (χ0n) is 20.3. The molecule has 1 aliphatic heterocycles. The first-order chi connectivity index (χ1) is 15.5. The van der Waals surface area contributed by atoms with Crippen LogP contribution in [-0.2, 0) is 14.8 Å². The minimum Gasteiger partial charge on any atom is -0.491 e. The number of nitrogens with zero attached hydrogens (tertiary/aromatic N) is 2. The van der Waals surface area contributed by atoms with Crippen LogP contribution in [0.3, 0.4) is 0 Å². The molecule has 0 aliphatic carbocycles. The highest BCUT2D eigenvalue weighted by atomic mass is 32.2. The molecule has 10 nitrogen and oxygen atoms in total. The molecule has 11 heteroatoms. The van der Waals surface area contributed by atoms with E-state index in [2.05, 4.69) is 10.0 Å². The van der Waals surface area contributed by atoms with Crippen LogP contribution in [0.15, 0.2) is 18.2 Å². The van der Waals surface area contributed by atoms with E-state index in [1.54, 1.807) is 24.0 Å². The lowest BCUT2D eigenvalue weighted by molar-refractivity contribution is 0.0166. The number of sulfonamides is 1. The van der Waals surface area contributed by atoms with E-state index >= 15 is 0 Å². The third kappa shape index (κ3) is 7.50. The first kappa shape index (κ1) is 26.7. The van der Waals surface area contributed by atoms with Gasteiger partial charge in [-0.15, -0.1) is 0 Å². The number of urea groups is 1. The highest BCUT2D eigenvalue weighted by Gasteiger charge is 2.30. The third-order valence-electron chi connectivity index (χ3n) is 5.54. The van der Waals surface area contributed by atoms with Gasteiger partial charge in [0.15, 0.2) is 0 Å². The summed E-state index contributed by atoms with van der Waals surface area (Å²) in [5, 5.41) is 2.92. The highest BCUT2D eigenvalue weighted by molar-refractivity contribution is 7.92. The van der Waals surface area contributed by atoms with Crippen LogP contribution in [-0.4, -0.2) is 89.0 Å². The smallest absolute Gasteiger partial charge is 0.317 e. The van der Waals surface area contributed by atoms with Gasteiger partial charge in [-0.2, -0.15) is 0 Å². The Morgan fingerprint density at radius 1 is 1.27 bits per heavy atom. The monoisotopic (exact) mass is 484 g/mol. The van der Waals surface area contributed by atoms with Crippen LogP contribution >= 0.6 is 0 Å². The highest BCUT2D eigenvalue weighted by Crippen LogP contribution is 2.27. The number of amides is 3. The third-order valence-corrected chi connectivity index (χ3v) is 6.14. The summed E-state index contributed by atoms with van der Waals surface area (Å²) in [5.74, 6) is -0.0694. The SMILES string of the molecule is CCCNC(=O)N1C[C@H](C)[C@@H](OC)CN(C)C(=O)c2ccc(NS(C)(=O)=O)cc2OC[C@H]1C. The summed E-state index contributed by atoms with van der Waals surface area (Å²) in [5.41, 5.74) is 0.584. The molecule has 0 unspecified atom stereocenters. The van der Waals surface area contributed by atoms with Crippen LogP contribution < -0.4 is 14.8 Å². The second-order valence-corrected chi connectivity index (χ2v) is 10.3. The quantitative estimate of drug-likeness (QED) is 0.660. The number of nitrogens with one attached hydrogen (secondary N) is 2. The number of benzene rings is 1. The summed E-state index contributed by atoms with van der Waals surface area (Å²) in [6, 6.07) is 4.04. The van der Waals surface area contributed by atoms with Crippen LogP contribution in [0.25, 0.3) is 0 Å². The van der Waals surface area contributed by atoms with Crippen molar-refractivity contribution in [1.82, 2.24) is 15.1 Å². The number of carbonyl (C=O) groups is 2. The van der Waals surface area contributed by atoms with Gasteiger partial charge < -0.3 is 24.6 Å². The van der Waals surface area contributed by atoms with Gasteiger partial charge in [0.2, 0.25) is 10.0 Å². The van der Waals surface area contributed by atoms with Crippen molar-refractivity contribution in [2.75, 3.05) is 51.4 Å². The molecule has 0 fully saturated rings. The van der Waals surface area contributed by atoms with Crippen molar-refractivity contribution in [3.63, 3.8) is 0 Å². The van der Waals surface area contributed by atoms with Crippen molar-refractivity contribution in [1.29, 1.82) is 0 Å². The average molecular weight is 485 g/mol.